The summed E-state index contributed by atoms with van der Waals surface area (Å²) in [5, 5.41) is 7.31. The summed E-state index contributed by atoms with van der Waals surface area (Å²) in [5.41, 5.74) is 0. The van der Waals surface area contributed by atoms with Crippen molar-refractivity contribution in [1.29, 1.82) is 0 Å². The van der Waals surface area contributed by atoms with E-state index in [1.165, 1.54) is 16.9 Å². The molecule has 1 aromatic rings. The number of rotatable bonds is 4. The zero-order valence-electron chi connectivity index (χ0n) is 9.18. The number of aryl methyl sites for hydroxylation is 1. The van der Waals surface area contributed by atoms with Gasteiger partial charge in [0.05, 0.1) is 6.20 Å². The van der Waals surface area contributed by atoms with E-state index in [2.05, 4.69) is 15.1 Å². The SMILES string of the molecule is CCn1nccc1S(=O)(=O)NC1CCNC1. The molecule has 0 aromatic carbocycles. The Labute approximate surface area is 95.1 Å². The van der Waals surface area contributed by atoms with E-state index in [0.717, 1.165) is 13.0 Å². The molecule has 6 nitrogen and oxygen atoms in total. The third-order valence-electron chi connectivity index (χ3n) is 2.63. The van der Waals surface area contributed by atoms with Crippen molar-refractivity contribution in [2.75, 3.05) is 13.1 Å². The third kappa shape index (κ3) is 2.26. The van der Waals surface area contributed by atoms with Crippen molar-refractivity contribution in [2.24, 2.45) is 0 Å². The molecule has 2 rings (SSSR count). The Kier molecular flexibility index (Phi) is 3.27. The lowest BCUT2D eigenvalue weighted by Gasteiger charge is -2.12. The average Bonchev–Trinajstić information content (AvgIpc) is 2.85. The molecule has 1 fully saturated rings. The van der Waals surface area contributed by atoms with E-state index in [0.29, 0.717) is 13.1 Å². The van der Waals surface area contributed by atoms with Crippen LogP contribution in [0.25, 0.3) is 0 Å². The fourth-order valence-electron chi connectivity index (χ4n) is 1.82. The largest absolute Gasteiger partial charge is 0.315 e. The fraction of sp³-hybridized carbons (Fsp3) is 0.667. The summed E-state index contributed by atoms with van der Waals surface area (Å²) in [6.07, 6.45) is 2.34. The van der Waals surface area contributed by atoms with Gasteiger partial charge in [0.2, 0.25) is 0 Å². The van der Waals surface area contributed by atoms with Crippen molar-refractivity contribution >= 4 is 10.0 Å². The molecule has 0 amide bonds. The quantitative estimate of drug-likeness (QED) is 0.751. The summed E-state index contributed by atoms with van der Waals surface area (Å²) in [5.74, 6) is 0. The summed E-state index contributed by atoms with van der Waals surface area (Å²) in [4.78, 5) is 0. The van der Waals surface area contributed by atoms with Gasteiger partial charge in [-0.2, -0.15) is 5.10 Å². The molecule has 7 heteroatoms. The van der Waals surface area contributed by atoms with Crippen LogP contribution in [-0.4, -0.2) is 37.3 Å². The molecule has 0 radical (unpaired) electrons. The van der Waals surface area contributed by atoms with Crippen LogP contribution in [0.4, 0.5) is 0 Å². The van der Waals surface area contributed by atoms with Crippen LogP contribution in [0.1, 0.15) is 13.3 Å². The van der Waals surface area contributed by atoms with Gasteiger partial charge in [0.1, 0.15) is 0 Å². The minimum atomic E-state index is -3.43. The van der Waals surface area contributed by atoms with E-state index in [9.17, 15) is 8.42 Å². The molecule has 2 N–H and O–H groups in total. The molecule has 1 aromatic heterocycles. The molecule has 2 heterocycles. The molecule has 0 saturated carbocycles. The smallest absolute Gasteiger partial charge is 0.258 e. The molecule has 1 aliphatic heterocycles. The lowest BCUT2D eigenvalue weighted by Crippen LogP contribution is -2.37. The Morgan fingerprint density at radius 2 is 2.50 bits per heavy atom. The number of aromatic nitrogens is 2. The lowest BCUT2D eigenvalue weighted by molar-refractivity contribution is 0.530. The second kappa shape index (κ2) is 4.52. The van der Waals surface area contributed by atoms with Gasteiger partial charge in [0.25, 0.3) is 10.0 Å². The van der Waals surface area contributed by atoms with E-state index < -0.39 is 10.0 Å². The minimum Gasteiger partial charge on any atom is -0.315 e. The number of nitrogens with zero attached hydrogens (tertiary/aromatic N) is 2. The molecule has 0 aliphatic carbocycles. The van der Waals surface area contributed by atoms with Crippen LogP contribution in [-0.2, 0) is 16.6 Å². The number of nitrogens with one attached hydrogen (secondary N) is 2. The van der Waals surface area contributed by atoms with Gasteiger partial charge < -0.3 is 5.32 Å². The molecule has 1 unspecified atom stereocenters. The molecule has 0 spiro atoms. The van der Waals surface area contributed by atoms with Gasteiger partial charge in [-0.05, 0) is 26.0 Å². The highest BCUT2D eigenvalue weighted by atomic mass is 32.2. The minimum absolute atomic E-state index is 0.00907. The highest BCUT2D eigenvalue weighted by Crippen LogP contribution is 2.10. The van der Waals surface area contributed by atoms with Gasteiger partial charge in [0.15, 0.2) is 5.03 Å². The van der Waals surface area contributed by atoms with Crippen LogP contribution in [0.2, 0.25) is 0 Å². The van der Waals surface area contributed by atoms with Crippen LogP contribution in [0, 0.1) is 0 Å². The van der Waals surface area contributed by atoms with Crippen molar-refractivity contribution in [3.63, 3.8) is 0 Å². The highest BCUT2D eigenvalue weighted by molar-refractivity contribution is 7.89. The first-order valence-electron chi connectivity index (χ1n) is 5.38. The fourth-order valence-corrected chi connectivity index (χ4v) is 3.28. The summed E-state index contributed by atoms with van der Waals surface area (Å²) in [6, 6.07) is 1.51. The van der Waals surface area contributed by atoms with Gasteiger partial charge in [-0.15, -0.1) is 0 Å². The monoisotopic (exact) mass is 244 g/mol. The molecule has 90 valence electrons. The molecule has 16 heavy (non-hydrogen) atoms. The normalized spacial score (nSPS) is 21.4. The molecule has 1 aliphatic rings. The molecular weight excluding hydrogens is 228 g/mol. The average molecular weight is 244 g/mol. The van der Waals surface area contributed by atoms with Gasteiger partial charge in [-0.3, -0.25) is 4.68 Å². The van der Waals surface area contributed by atoms with Crippen LogP contribution in [0.5, 0.6) is 0 Å². The standard InChI is InChI=1S/C9H16N4O2S/c1-2-13-9(4-6-11-13)16(14,15)12-8-3-5-10-7-8/h4,6,8,10,12H,2-3,5,7H2,1H3. The second-order valence-electron chi connectivity index (χ2n) is 3.80. The van der Waals surface area contributed by atoms with Crippen molar-refractivity contribution in [2.45, 2.75) is 31.0 Å². The Morgan fingerprint density at radius 3 is 3.12 bits per heavy atom. The first-order chi connectivity index (χ1) is 7.63. The van der Waals surface area contributed by atoms with Crippen LogP contribution >= 0.6 is 0 Å². The number of hydrogen-bond donors (Lipinski definition) is 2. The maximum Gasteiger partial charge on any atom is 0.258 e. The van der Waals surface area contributed by atoms with Crippen LogP contribution < -0.4 is 10.0 Å². The molecule has 1 saturated heterocycles. The predicted molar refractivity (Wildman–Crippen MR) is 59.5 cm³/mol. The van der Waals surface area contributed by atoms with Crippen LogP contribution in [0.15, 0.2) is 17.3 Å². The third-order valence-corrected chi connectivity index (χ3v) is 4.18. The van der Waals surface area contributed by atoms with Crippen LogP contribution in [0.3, 0.4) is 0 Å². The van der Waals surface area contributed by atoms with E-state index in [1.807, 2.05) is 6.92 Å². The maximum atomic E-state index is 12.0. The van der Waals surface area contributed by atoms with Crippen molar-refractivity contribution in [1.82, 2.24) is 19.8 Å². The summed E-state index contributed by atoms with van der Waals surface area (Å²) in [7, 11) is -3.43. The van der Waals surface area contributed by atoms with Gasteiger partial charge in [-0.25, -0.2) is 13.1 Å². The lowest BCUT2D eigenvalue weighted by atomic mass is 10.3. The van der Waals surface area contributed by atoms with Gasteiger partial charge in [0, 0.05) is 19.1 Å². The molecular formula is C9H16N4O2S. The van der Waals surface area contributed by atoms with E-state index in [1.54, 1.807) is 0 Å². The first-order valence-corrected chi connectivity index (χ1v) is 6.86. The summed E-state index contributed by atoms with van der Waals surface area (Å²) >= 11 is 0. The molecule has 0 bridgehead atoms. The van der Waals surface area contributed by atoms with Gasteiger partial charge >= 0.3 is 0 Å². The van der Waals surface area contributed by atoms with Crippen molar-refractivity contribution in [3.05, 3.63) is 12.3 Å². The highest BCUT2D eigenvalue weighted by Gasteiger charge is 2.24. The number of sulfonamides is 1. The maximum absolute atomic E-state index is 12.0. The zero-order valence-corrected chi connectivity index (χ0v) is 10.00. The second-order valence-corrected chi connectivity index (χ2v) is 5.46. The van der Waals surface area contributed by atoms with Gasteiger partial charge in [-0.1, -0.05) is 0 Å². The van der Waals surface area contributed by atoms with E-state index >= 15 is 0 Å². The van der Waals surface area contributed by atoms with Crippen molar-refractivity contribution < 1.29 is 8.42 Å². The van der Waals surface area contributed by atoms with Crippen molar-refractivity contribution in [3.8, 4) is 0 Å². The van der Waals surface area contributed by atoms with E-state index in [4.69, 9.17) is 0 Å². The topological polar surface area (TPSA) is 76.0 Å². The first kappa shape index (κ1) is 11.6. The Morgan fingerprint density at radius 1 is 1.69 bits per heavy atom. The number of hydrogen-bond acceptors (Lipinski definition) is 4. The summed E-state index contributed by atoms with van der Waals surface area (Å²) < 4.78 is 28.2. The Balaban J connectivity index is 2.18. The Hall–Kier alpha value is -0.920. The predicted octanol–water partition coefficient (Wildman–Crippen LogP) is -0.457. The summed E-state index contributed by atoms with van der Waals surface area (Å²) in [6.45, 7) is 3.97. The molecule has 1 atom stereocenters. The Bertz CT molecular complexity index is 448. The van der Waals surface area contributed by atoms with E-state index in [-0.39, 0.29) is 11.1 Å². The zero-order chi connectivity index (χ0) is 11.6.